The first-order valence-electron chi connectivity index (χ1n) is 9.87. The molecule has 0 N–H and O–H groups in total. The van der Waals surface area contributed by atoms with Crippen molar-refractivity contribution in [1.29, 1.82) is 0 Å². The highest BCUT2D eigenvalue weighted by atomic mass is 16.2. The first-order chi connectivity index (χ1) is 13.2. The average molecular weight is 365 g/mol. The number of aromatic nitrogens is 2. The molecule has 0 saturated carbocycles. The normalized spacial score (nSPS) is 18.6. The topological polar surface area (TPSA) is 52.6 Å². The van der Waals surface area contributed by atoms with Gasteiger partial charge in [0.15, 0.2) is 5.82 Å². The Balaban J connectivity index is 1.69. The fraction of sp³-hybridized carbons (Fsp3) is 0.476. The maximum absolute atomic E-state index is 13.2. The standard InChI is InChI=1S/C21H27N5O/c1-24-12-14-25(15-13-24)20-18(21(27)26-10-6-3-7-11-26)16-22-19(23-20)17-8-4-2-5-9-17/h2,4-5,8-9,16H,3,6-7,10-15H2,1H3. The number of piperazine rings is 1. The molecule has 4 rings (SSSR count). The maximum atomic E-state index is 13.2. The van der Waals surface area contributed by atoms with Crippen LogP contribution < -0.4 is 4.90 Å². The number of hydrogen-bond donors (Lipinski definition) is 0. The Labute approximate surface area is 160 Å². The van der Waals surface area contributed by atoms with Crippen molar-refractivity contribution in [3.05, 3.63) is 42.1 Å². The highest BCUT2D eigenvalue weighted by molar-refractivity contribution is 5.99. The molecule has 2 aliphatic rings. The van der Waals surface area contributed by atoms with E-state index in [1.807, 2.05) is 35.2 Å². The van der Waals surface area contributed by atoms with Crippen LogP contribution in [-0.4, -0.2) is 72.0 Å². The van der Waals surface area contributed by atoms with E-state index < -0.39 is 0 Å². The van der Waals surface area contributed by atoms with Crippen LogP contribution >= 0.6 is 0 Å². The lowest BCUT2D eigenvalue weighted by Gasteiger charge is -2.35. The van der Waals surface area contributed by atoms with Gasteiger partial charge in [0.05, 0.1) is 0 Å². The van der Waals surface area contributed by atoms with Crippen molar-refractivity contribution in [2.45, 2.75) is 19.3 Å². The van der Waals surface area contributed by atoms with Crippen molar-refractivity contribution < 1.29 is 4.79 Å². The number of carbonyl (C=O) groups excluding carboxylic acids is 1. The predicted octanol–water partition coefficient (Wildman–Crippen LogP) is 2.52. The third-order valence-corrected chi connectivity index (χ3v) is 5.48. The second kappa shape index (κ2) is 8.05. The molecule has 0 spiro atoms. The van der Waals surface area contributed by atoms with E-state index in [4.69, 9.17) is 4.98 Å². The molecule has 0 radical (unpaired) electrons. The van der Waals surface area contributed by atoms with Gasteiger partial charge < -0.3 is 14.7 Å². The van der Waals surface area contributed by atoms with E-state index in [-0.39, 0.29) is 5.91 Å². The summed E-state index contributed by atoms with van der Waals surface area (Å²) >= 11 is 0. The predicted molar refractivity (Wildman–Crippen MR) is 107 cm³/mol. The number of likely N-dealkylation sites (N-methyl/N-ethyl adjacent to an activating group) is 1. The molecule has 1 aromatic heterocycles. The quantitative estimate of drug-likeness (QED) is 0.837. The number of nitrogens with zero attached hydrogens (tertiary/aromatic N) is 5. The van der Waals surface area contributed by atoms with Crippen molar-refractivity contribution in [2.75, 3.05) is 51.2 Å². The Morgan fingerprint density at radius 2 is 1.63 bits per heavy atom. The summed E-state index contributed by atoms with van der Waals surface area (Å²) in [6, 6.07) is 9.98. The van der Waals surface area contributed by atoms with Gasteiger partial charge in [0.2, 0.25) is 0 Å². The minimum atomic E-state index is 0.0724. The van der Waals surface area contributed by atoms with Crippen LogP contribution in [0.15, 0.2) is 36.5 Å². The van der Waals surface area contributed by atoms with Crippen LogP contribution in [0.3, 0.4) is 0 Å². The number of anilines is 1. The lowest BCUT2D eigenvalue weighted by atomic mass is 10.1. The van der Waals surface area contributed by atoms with E-state index in [2.05, 4.69) is 21.8 Å². The molecule has 0 atom stereocenters. The van der Waals surface area contributed by atoms with Crippen molar-refractivity contribution in [1.82, 2.24) is 19.8 Å². The molecule has 0 aliphatic carbocycles. The van der Waals surface area contributed by atoms with Crippen LogP contribution in [0, 0.1) is 0 Å². The summed E-state index contributed by atoms with van der Waals surface area (Å²) in [6.07, 6.45) is 5.11. The van der Waals surface area contributed by atoms with Crippen molar-refractivity contribution in [2.24, 2.45) is 0 Å². The first-order valence-corrected chi connectivity index (χ1v) is 9.87. The van der Waals surface area contributed by atoms with Crippen LogP contribution in [-0.2, 0) is 0 Å². The summed E-state index contributed by atoms with van der Waals surface area (Å²) in [7, 11) is 2.13. The summed E-state index contributed by atoms with van der Waals surface area (Å²) in [5.74, 6) is 1.54. The summed E-state index contributed by atoms with van der Waals surface area (Å²) in [5.41, 5.74) is 1.62. The minimum absolute atomic E-state index is 0.0724. The van der Waals surface area contributed by atoms with Crippen LogP contribution in [0.2, 0.25) is 0 Å². The second-order valence-corrected chi connectivity index (χ2v) is 7.44. The van der Waals surface area contributed by atoms with E-state index in [1.165, 1.54) is 6.42 Å². The Kier molecular flexibility index (Phi) is 5.34. The van der Waals surface area contributed by atoms with Crippen LogP contribution in [0.5, 0.6) is 0 Å². The molecule has 1 aromatic carbocycles. The molecule has 0 bridgehead atoms. The van der Waals surface area contributed by atoms with Gasteiger partial charge in [0, 0.05) is 51.0 Å². The molecule has 2 aliphatic heterocycles. The van der Waals surface area contributed by atoms with Crippen molar-refractivity contribution in [3.63, 3.8) is 0 Å². The number of piperidine rings is 1. The third-order valence-electron chi connectivity index (χ3n) is 5.48. The molecule has 6 nitrogen and oxygen atoms in total. The lowest BCUT2D eigenvalue weighted by Crippen LogP contribution is -2.46. The lowest BCUT2D eigenvalue weighted by molar-refractivity contribution is 0.0724. The van der Waals surface area contributed by atoms with Crippen molar-refractivity contribution in [3.8, 4) is 11.4 Å². The second-order valence-electron chi connectivity index (χ2n) is 7.44. The Bertz CT molecular complexity index is 780. The number of hydrogen-bond acceptors (Lipinski definition) is 5. The number of amides is 1. The molecular formula is C21H27N5O. The summed E-state index contributed by atoms with van der Waals surface area (Å²) < 4.78 is 0. The highest BCUT2D eigenvalue weighted by Gasteiger charge is 2.26. The van der Waals surface area contributed by atoms with E-state index in [0.717, 1.165) is 63.5 Å². The molecule has 2 saturated heterocycles. The molecule has 142 valence electrons. The molecule has 27 heavy (non-hydrogen) atoms. The first kappa shape index (κ1) is 17.9. The van der Waals surface area contributed by atoms with E-state index in [9.17, 15) is 4.79 Å². The molecule has 2 fully saturated rings. The monoisotopic (exact) mass is 365 g/mol. The fourth-order valence-corrected chi connectivity index (χ4v) is 3.78. The van der Waals surface area contributed by atoms with Gasteiger partial charge in [-0.3, -0.25) is 4.79 Å². The van der Waals surface area contributed by atoms with Gasteiger partial charge in [-0.05, 0) is 26.3 Å². The average Bonchev–Trinajstić information content (AvgIpc) is 2.75. The highest BCUT2D eigenvalue weighted by Crippen LogP contribution is 2.25. The molecular weight excluding hydrogens is 338 g/mol. The number of rotatable bonds is 3. The van der Waals surface area contributed by atoms with Crippen LogP contribution in [0.4, 0.5) is 5.82 Å². The largest absolute Gasteiger partial charge is 0.353 e. The number of carbonyl (C=O) groups is 1. The van der Waals surface area contributed by atoms with Gasteiger partial charge in [-0.15, -0.1) is 0 Å². The summed E-state index contributed by atoms with van der Waals surface area (Å²) in [4.78, 5) is 29.1. The van der Waals surface area contributed by atoms with Gasteiger partial charge >= 0.3 is 0 Å². The van der Waals surface area contributed by atoms with Gasteiger partial charge in [-0.25, -0.2) is 9.97 Å². The van der Waals surface area contributed by atoms with Crippen LogP contribution in [0.1, 0.15) is 29.6 Å². The molecule has 1 amide bonds. The molecule has 6 heteroatoms. The molecule has 0 unspecified atom stereocenters. The van der Waals surface area contributed by atoms with Gasteiger partial charge in [-0.1, -0.05) is 30.3 Å². The van der Waals surface area contributed by atoms with Crippen LogP contribution in [0.25, 0.3) is 11.4 Å². The Morgan fingerprint density at radius 3 is 2.33 bits per heavy atom. The molecule has 3 heterocycles. The van der Waals surface area contributed by atoms with Gasteiger partial charge in [0.25, 0.3) is 5.91 Å². The van der Waals surface area contributed by atoms with E-state index >= 15 is 0 Å². The third kappa shape index (κ3) is 3.95. The fourth-order valence-electron chi connectivity index (χ4n) is 3.78. The van der Waals surface area contributed by atoms with Gasteiger partial charge in [0.1, 0.15) is 11.4 Å². The zero-order valence-corrected chi connectivity index (χ0v) is 16.0. The minimum Gasteiger partial charge on any atom is -0.353 e. The SMILES string of the molecule is CN1CCN(c2nc(-c3ccccc3)ncc2C(=O)N2CCCCC2)CC1. The Morgan fingerprint density at radius 1 is 0.926 bits per heavy atom. The van der Waals surface area contributed by atoms with Crippen molar-refractivity contribution >= 4 is 11.7 Å². The number of benzene rings is 1. The maximum Gasteiger partial charge on any atom is 0.259 e. The van der Waals surface area contributed by atoms with E-state index in [1.54, 1.807) is 6.20 Å². The van der Waals surface area contributed by atoms with Gasteiger partial charge in [-0.2, -0.15) is 0 Å². The zero-order valence-electron chi connectivity index (χ0n) is 16.0. The summed E-state index contributed by atoms with van der Waals surface area (Å²) in [5, 5.41) is 0. The smallest absolute Gasteiger partial charge is 0.259 e. The zero-order chi connectivity index (χ0) is 18.6. The van der Waals surface area contributed by atoms with E-state index in [0.29, 0.717) is 11.4 Å². The summed E-state index contributed by atoms with van der Waals surface area (Å²) in [6.45, 7) is 5.37. The Hall–Kier alpha value is -2.47. The molecule has 2 aromatic rings. The number of likely N-dealkylation sites (tertiary alicyclic amines) is 1.